The van der Waals surface area contributed by atoms with Crippen LogP contribution in [0.4, 0.5) is 13.2 Å². The average molecular weight is 448 g/mol. The third kappa shape index (κ3) is 6.30. The van der Waals surface area contributed by atoms with Crippen LogP contribution in [0.3, 0.4) is 0 Å². The number of aromatic nitrogens is 2. The van der Waals surface area contributed by atoms with Crippen molar-refractivity contribution in [2.75, 3.05) is 19.6 Å². The molecule has 6 nitrogen and oxygen atoms in total. The number of halogens is 3. The quantitative estimate of drug-likeness (QED) is 0.542. The Kier molecular flexibility index (Phi) is 7.87. The monoisotopic (exact) mass is 448 g/mol. The molecule has 1 saturated heterocycles. The first-order chi connectivity index (χ1) is 15.3. The molecule has 0 radical (unpaired) electrons. The van der Waals surface area contributed by atoms with Crippen molar-refractivity contribution in [2.45, 2.75) is 32.0 Å². The molecule has 1 aliphatic heterocycles. The van der Waals surface area contributed by atoms with Crippen LogP contribution < -0.4 is 10.6 Å². The standard InChI is InChI=1S/C21H26N4.C2HF3O2/c1-16(23-14-17-5-4-12-22-13-17)18-8-10-19(11-9-18)25-15-24-20-6-2-3-7-21(20)25;3-2(4,5)1(6)7/h2-3,6-11,15-17,22-23H,4-5,12-14H2,1H3;(H,6,7)/t16?,17-;/m0./s1. The minimum Gasteiger partial charge on any atom is -0.475 e. The fraction of sp³-hybridized carbons (Fsp3) is 0.391. The van der Waals surface area contributed by atoms with Crippen LogP contribution in [0, 0.1) is 5.92 Å². The Morgan fingerprint density at radius 1 is 1.25 bits per heavy atom. The molecule has 2 atom stereocenters. The van der Waals surface area contributed by atoms with Crippen LogP contribution in [0.15, 0.2) is 54.9 Å². The number of piperidine rings is 1. The number of para-hydroxylation sites is 2. The highest BCUT2D eigenvalue weighted by Crippen LogP contribution is 2.21. The number of rotatable bonds is 5. The Morgan fingerprint density at radius 3 is 2.56 bits per heavy atom. The molecular weight excluding hydrogens is 421 g/mol. The number of carboxylic acid groups (broad SMARTS) is 1. The maximum absolute atomic E-state index is 10.6. The van der Waals surface area contributed by atoms with Crippen molar-refractivity contribution in [2.24, 2.45) is 5.92 Å². The third-order valence-corrected chi connectivity index (χ3v) is 5.48. The van der Waals surface area contributed by atoms with Crippen molar-refractivity contribution in [3.05, 3.63) is 60.4 Å². The fourth-order valence-electron chi connectivity index (χ4n) is 3.65. The summed E-state index contributed by atoms with van der Waals surface area (Å²) in [6.45, 7) is 5.66. The number of hydrogen-bond donors (Lipinski definition) is 3. The molecule has 1 unspecified atom stereocenters. The molecule has 0 bridgehead atoms. The molecular formula is C23H27F3N4O2. The highest BCUT2D eigenvalue weighted by molar-refractivity contribution is 5.77. The van der Waals surface area contributed by atoms with Gasteiger partial charge in [-0.05, 0) is 75.1 Å². The van der Waals surface area contributed by atoms with Crippen molar-refractivity contribution < 1.29 is 23.1 Å². The number of nitrogens with zero attached hydrogens (tertiary/aromatic N) is 2. The van der Waals surface area contributed by atoms with Crippen molar-refractivity contribution in [3.63, 3.8) is 0 Å². The predicted molar refractivity (Wildman–Crippen MR) is 117 cm³/mol. The SMILES string of the molecule is CC(NC[C@H]1CCCNC1)c1ccc(-n2cnc3ccccc32)cc1.O=C(O)C(F)(F)F. The highest BCUT2D eigenvalue weighted by atomic mass is 19.4. The lowest BCUT2D eigenvalue weighted by atomic mass is 9.99. The van der Waals surface area contributed by atoms with Crippen LogP contribution in [0.1, 0.15) is 31.4 Å². The number of carbonyl (C=O) groups is 1. The summed E-state index contributed by atoms with van der Waals surface area (Å²) >= 11 is 0. The van der Waals surface area contributed by atoms with Crippen LogP contribution in [-0.4, -0.2) is 46.4 Å². The third-order valence-electron chi connectivity index (χ3n) is 5.48. The fourth-order valence-corrected chi connectivity index (χ4v) is 3.65. The second kappa shape index (κ2) is 10.6. The van der Waals surface area contributed by atoms with Gasteiger partial charge >= 0.3 is 12.1 Å². The van der Waals surface area contributed by atoms with Gasteiger partial charge in [-0.25, -0.2) is 9.78 Å². The van der Waals surface area contributed by atoms with Gasteiger partial charge in [0, 0.05) is 11.7 Å². The second-order valence-corrected chi connectivity index (χ2v) is 7.84. The molecule has 9 heteroatoms. The Balaban J connectivity index is 0.000000360. The van der Waals surface area contributed by atoms with E-state index in [9.17, 15) is 13.2 Å². The van der Waals surface area contributed by atoms with Gasteiger partial charge < -0.3 is 15.7 Å². The summed E-state index contributed by atoms with van der Waals surface area (Å²) in [7, 11) is 0. The Hall–Kier alpha value is -2.91. The minimum absolute atomic E-state index is 0.371. The molecule has 2 aromatic carbocycles. The average Bonchev–Trinajstić information content (AvgIpc) is 3.22. The maximum Gasteiger partial charge on any atom is 0.490 e. The maximum atomic E-state index is 10.6. The molecule has 1 aliphatic rings. The van der Waals surface area contributed by atoms with E-state index < -0.39 is 12.1 Å². The molecule has 32 heavy (non-hydrogen) atoms. The van der Waals surface area contributed by atoms with E-state index in [-0.39, 0.29) is 0 Å². The number of nitrogens with one attached hydrogen (secondary N) is 2. The number of alkyl halides is 3. The first-order valence-corrected chi connectivity index (χ1v) is 10.5. The van der Waals surface area contributed by atoms with Gasteiger partial charge in [-0.15, -0.1) is 0 Å². The van der Waals surface area contributed by atoms with Gasteiger partial charge in [0.05, 0.1) is 11.0 Å². The van der Waals surface area contributed by atoms with Crippen molar-refractivity contribution in [1.29, 1.82) is 0 Å². The van der Waals surface area contributed by atoms with E-state index in [0.717, 1.165) is 35.7 Å². The Labute approximate surface area is 184 Å². The lowest BCUT2D eigenvalue weighted by Crippen LogP contribution is -2.36. The smallest absolute Gasteiger partial charge is 0.475 e. The molecule has 3 N–H and O–H groups in total. The summed E-state index contributed by atoms with van der Waals surface area (Å²) in [4.78, 5) is 13.4. The van der Waals surface area contributed by atoms with Crippen LogP contribution in [0.25, 0.3) is 16.7 Å². The van der Waals surface area contributed by atoms with E-state index in [4.69, 9.17) is 9.90 Å². The molecule has 3 aromatic rings. The van der Waals surface area contributed by atoms with E-state index in [2.05, 4.69) is 63.5 Å². The first kappa shape index (κ1) is 23.7. The molecule has 0 amide bonds. The summed E-state index contributed by atoms with van der Waals surface area (Å²) in [5.41, 5.74) is 4.66. The summed E-state index contributed by atoms with van der Waals surface area (Å²) in [6.07, 6.45) is -0.551. The van der Waals surface area contributed by atoms with E-state index in [0.29, 0.717) is 6.04 Å². The van der Waals surface area contributed by atoms with Crippen LogP contribution in [0.5, 0.6) is 0 Å². The molecule has 1 fully saturated rings. The molecule has 0 saturated carbocycles. The number of benzene rings is 2. The topological polar surface area (TPSA) is 79.2 Å². The van der Waals surface area contributed by atoms with Crippen molar-refractivity contribution >= 4 is 17.0 Å². The van der Waals surface area contributed by atoms with Gasteiger partial charge in [0.25, 0.3) is 0 Å². The van der Waals surface area contributed by atoms with Gasteiger partial charge in [-0.1, -0.05) is 24.3 Å². The number of imidazole rings is 1. The van der Waals surface area contributed by atoms with E-state index in [1.54, 1.807) is 0 Å². The van der Waals surface area contributed by atoms with Gasteiger partial charge in [-0.3, -0.25) is 4.57 Å². The number of carboxylic acids is 1. The van der Waals surface area contributed by atoms with Gasteiger partial charge in [-0.2, -0.15) is 13.2 Å². The lowest BCUT2D eigenvalue weighted by Gasteiger charge is -2.25. The lowest BCUT2D eigenvalue weighted by molar-refractivity contribution is -0.192. The number of aliphatic carboxylic acids is 1. The molecule has 0 aliphatic carbocycles. The molecule has 2 heterocycles. The normalized spacial score (nSPS) is 17.4. The highest BCUT2D eigenvalue weighted by Gasteiger charge is 2.38. The van der Waals surface area contributed by atoms with Gasteiger partial charge in [0.1, 0.15) is 6.33 Å². The zero-order valence-corrected chi connectivity index (χ0v) is 17.8. The Morgan fingerprint density at radius 2 is 1.94 bits per heavy atom. The molecule has 172 valence electrons. The largest absolute Gasteiger partial charge is 0.490 e. The van der Waals surface area contributed by atoms with Gasteiger partial charge in [0.2, 0.25) is 0 Å². The van der Waals surface area contributed by atoms with Crippen LogP contribution >= 0.6 is 0 Å². The van der Waals surface area contributed by atoms with Crippen LogP contribution in [-0.2, 0) is 4.79 Å². The zero-order valence-electron chi connectivity index (χ0n) is 17.8. The zero-order chi connectivity index (χ0) is 23.1. The summed E-state index contributed by atoms with van der Waals surface area (Å²) < 4.78 is 33.9. The van der Waals surface area contributed by atoms with E-state index in [1.165, 1.54) is 24.9 Å². The van der Waals surface area contributed by atoms with E-state index in [1.807, 2.05) is 18.5 Å². The number of hydrogen-bond acceptors (Lipinski definition) is 4. The van der Waals surface area contributed by atoms with E-state index >= 15 is 0 Å². The molecule has 0 spiro atoms. The summed E-state index contributed by atoms with van der Waals surface area (Å²) in [5.74, 6) is -2.00. The van der Waals surface area contributed by atoms with Crippen molar-refractivity contribution in [3.8, 4) is 5.69 Å². The molecule has 1 aromatic heterocycles. The first-order valence-electron chi connectivity index (χ1n) is 10.5. The number of fused-ring (bicyclic) bond motifs is 1. The summed E-state index contributed by atoms with van der Waals surface area (Å²) in [5, 5.41) is 14.3. The minimum atomic E-state index is -5.08. The Bertz CT molecular complexity index is 1010. The van der Waals surface area contributed by atoms with Crippen molar-refractivity contribution in [1.82, 2.24) is 20.2 Å². The summed E-state index contributed by atoms with van der Waals surface area (Å²) in [6, 6.07) is 17.4. The second-order valence-electron chi connectivity index (χ2n) is 7.84. The van der Waals surface area contributed by atoms with Gasteiger partial charge in [0.15, 0.2) is 0 Å². The molecule has 4 rings (SSSR count). The predicted octanol–water partition coefficient (Wildman–Crippen LogP) is 4.31. The van der Waals surface area contributed by atoms with Crippen LogP contribution in [0.2, 0.25) is 0 Å².